The number of aryl methyl sites for hydroxylation is 1. The molecule has 0 aliphatic carbocycles. The molecule has 0 atom stereocenters. The second kappa shape index (κ2) is 9.87. The van der Waals surface area contributed by atoms with E-state index in [4.69, 9.17) is 9.40 Å². The van der Waals surface area contributed by atoms with Crippen LogP contribution in [0.5, 0.6) is 0 Å². The van der Waals surface area contributed by atoms with Gasteiger partial charge in [0.1, 0.15) is 11.5 Å². The van der Waals surface area contributed by atoms with E-state index in [2.05, 4.69) is 10.5 Å². The van der Waals surface area contributed by atoms with Gasteiger partial charge < -0.3 is 4.42 Å². The number of benzene rings is 3. The highest BCUT2D eigenvalue weighted by atomic mass is 16.6. The van der Waals surface area contributed by atoms with Crippen LogP contribution in [0.25, 0.3) is 33.5 Å². The number of rotatable bonds is 6. The number of amides is 1. The van der Waals surface area contributed by atoms with E-state index in [1.54, 1.807) is 25.1 Å². The minimum absolute atomic E-state index is 0.0355. The number of hydrazone groups is 1. The van der Waals surface area contributed by atoms with Crippen LogP contribution in [0, 0.1) is 24.0 Å². The van der Waals surface area contributed by atoms with Gasteiger partial charge in [-0.1, -0.05) is 48.5 Å². The minimum atomic E-state index is -0.404. The van der Waals surface area contributed by atoms with Gasteiger partial charge in [-0.05, 0) is 49.7 Å². The van der Waals surface area contributed by atoms with Gasteiger partial charge in [0.15, 0.2) is 0 Å². The van der Waals surface area contributed by atoms with Crippen LogP contribution in [0.3, 0.4) is 0 Å². The average molecular weight is 491 g/mol. The predicted molar refractivity (Wildman–Crippen MR) is 143 cm³/mol. The molecule has 0 bridgehead atoms. The molecule has 0 fully saturated rings. The number of hydrogen-bond donors (Lipinski definition) is 1. The van der Waals surface area contributed by atoms with Gasteiger partial charge in [0.25, 0.3) is 11.6 Å². The van der Waals surface area contributed by atoms with Gasteiger partial charge >= 0.3 is 0 Å². The Labute approximate surface area is 212 Å². The molecule has 3 aromatic carbocycles. The zero-order valence-electron chi connectivity index (χ0n) is 20.1. The highest BCUT2D eigenvalue weighted by molar-refractivity contribution is 6.07. The largest absolute Gasteiger partial charge is 0.455 e. The summed E-state index contributed by atoms with van der Waals surface area (Å²) in [6.07, 6.45) is 1.39. The van der Waals surface area contributed by atoms with E-state index in [-0.39, 0.29) is 11.6 Å². The monoisotopic (exact) mass is 490 g/mol. The van der Waals surface area contributed by atoms with Gasteiger partial charge in [0, 0.05) is 28.1 Å². The highest BCUT2D eigenvalue weighted by Crippen LogP contribution is 2.30. The van der Waals surface area contributed by atoms with E-state index in [1.807, 2.05) is 67.6 Å². The summed E-state index contributed by atoms with van der Waals surface area (Å²) in [4.78, 5) is 28.8. The predicted octanol–water partition coefficient (Wildman–Crippen LogP) is 6.45. The van der Waals surface area contributed by atoms with Crippen molar-refractivity contribution in [3.05, 3.63) is 117 Å². The van der Waals surface area contributed by atoms with Crippen molar-refractivity contribution >= 4 is 28.7 Å². The van der Waals surface area contributed by atoms with E-state index in [1.165, 1.54) is 12.3 Å². The third-order valence-corrected chi connectivity index (χ3v) is 6.14. The third-order valence-electron chi connectivity index (χ3n) is 6.14. The Hall–Kier alpha value is -5.11. The molecule has 0 aliphatic rings. The second-order valence-corrected chi connectivity index (χ2v) is 8.53. The van der Waals surface area contributed by atoms with E-state index in [9.17, 15) is 14.9 Å². The molecule has 0 unspecified atom stereocenters. The number of fused-ring (bicyclic) bond motifs is 1. The first-order valence-corrected chi connectivity index (χ1v) is 11.5. The van der Waals surface area contributed by atoms with E-state index in [0.717, 1.165) is 11.1 Å². The minimum Gasteiger partial charge on any atom is -0.455 e. The molecule has 0 radical (unpaired) electrons. The zero-order chi connectivity index (χ0) is 25.9. The first-order valence-electron chi connectivity index (χ1n) is 11.5. The summed E-state index contributed by atoms with van der Waals surface area (Å²) in [6, 6.07) is 25.6. The van der Waals surface area contributed by atoms with Crippen LogP contribution in [0.2, 0.25) is 0 Å². The average Bonchev–Trinajstić information content (AvgIpc) is 3.38. The number of furan rings is 1. The van der Waals surface area contributed by atoms with E-state index in [0.29, 0.717) is 44.8 Å². The Balaban J connectivity index is 1.38. The van der Waals surface area contributed by atoms with Crippen LogP contribution in [0.1, 0.15) is 27.2 Å². The Bertz CT molecular complexity index is 1670. The Morgan fingerprint density at radius 2 is 1.73 bits per heavy atom. The maximum absolute atomic E-state index is 13.1. The van der Waals surface area contributed by atoms with Gasteiger partial charge in [-0.15, -0.1) is 0 Å². The summed E-state index contributed by atoms with van der Waals surface area (Å²) < 4.78 is 5.80. The van der Waals surface area contributed by atoms with Crippen LogP contribution in [-0.4, -0.2) is 22.0 Å². The second-order valence-electron chi connectivity index (χ2n) is 8.53. The molecule has 5 aromatic rings. The molecule has 0 aliphatic heterocycles. The van der Waals surface area contributed by atoms with Crippen molar-refractivity contribution < 1.29 is 14.1 Å². The maximum Gasteiger partial charge on any atom is 0.273 e. The molecule has 2 aromatic heterocycles. The Morgan fingerprint density at radius 3 is 2.51 bits per heavy atom. The van der Waals surface area contributed by atoms with Crippen molar-refractivity contribution in [3.63, 3.8) is 0 Å². The van der Waals surface area contributed by atoms with Crippen LogP contribution in [-0.2, 0) is 0 Å². The van der Waals surface area contributed by atoms with Crippen molar-refractivity contribution in [2.75, 3.05) is 0 Å². The summed E-state index contributed by atoms with van der Waals surface area (Å²) in [5.41, 5.74) is 7.34. The molecule has 2 heterocycles. The van der Waals surface area contributed by atoms with Crippen molar-refractivity contribution in [2.45, 2.75) is 13.8 Å². The molecular weight excluding hydrogens is 468 g/mol. The Kier molecular flexibility index (Phi) is 6.30. The topological polar surface area (TPSA) is 111 Å². The van der Waals surface area contributed by atoms with Crippen LogP contribution in [0.4, 0.5) is 5.69 Å². The van der Waals surface area contributed by atoms with Crippen molar-refractivity contribution in [1.29, 1.82) is 0 Å². The molecule has 0 saturated carbocycles. The fourth-order valence-electron chi connectivity index (χ4n) is 4.08. The van der Waals surface area contributed by atoms with Gasteiger partial charge in [0.05, 0.1) is 27.9 Å². The zero-order valence-corrected chi connectivity index (χ0v) is 20.1. The number of hydrogen-bond acceptors (Lipinski definition) is 6. The third kappa shape index (κ3) is 4.85. The quantitative estimate of drug-likeness (QED) is 0.167. The number of nitro groups is 1. The molecule has 1 N–H and O–H groups in total. The smallest absolute Gasteiger partial charge is 0.273 e. The van der Waals surface area contributed by atoms with Crippen molar-refractivity contribution in [3.8, 4) is 22.6 Å². The molecule has 1 amide bonds. The first-order chi connectivity index (χ1) is 17.9. The number of nitrogens with zero attached hydrogens (tertiary/aromatic N) is 3. The lowest BCUT2D eigenvalue weighted by Gasteiger charge is -2.09. The molecule has 8 heteroatoms. The number of para-hydroxylation sites is 1. The number of nitrogens with one attached hydrogen (secondary N) is 1. The Morgan fingerprint density at radius 1 is 0.973 bits per heavy atom. The molecule has 0 saturated heterocycles. The van der Waals surface area contributed by atoms with Crippen molar-refractivity contribution in [2.24, 2.45) is 5.10 Å². The summed E-state index contributed by atoms with van der Waals surface area (Å²) in [7, 11) is 0. The fourth-order valence-corrected chi connectivity index (χ4v) is 4.08. The SMILES string of the molecule is Cc1cc(-c2ccc(/C=N\NC(=O)c3cc(-c4ccccc4)nc4ccccc34)o2)cc([N+](=O)[O-])c1C. The number of aromatic nitrogens is 1. The molecule has 182 valence electrons. The number of nitro benzene ring substituents is 1. The summed E-state index contributed by atoms with van der Waals surface area (Å²) in [5.74, 6) is 0.468. The number of carbonyl (C=O) groups is 1. The normalized spacial score (nSPS) is 11.2. The summed E-state index contributed by atoms with van der Waals surface area (Å²) >= 11 is 0. The maximum atomic E-state index is 13.1. The molecule has 37 heavy (non-hydrogen) atoms. The number of carbonyl (C=O) groups excluding carboxylic acids is 1. The van der Waals surface area contributed by atoms with Crippen LogP contribution in [0.15, 0.2) is 94.4 Å². The lowest BCUT2D eigenvalue weighted by molar-refractivity contribution is -0.385. The lowest BCUT2D eigenvalue weighted by Crippen LogP contribution is -2.18. The van der Waals surface area contributed by atoms with Crippen LogP contribution < -0.4 is 5.43 Å². The molecule has 0 spiro atoms. The van der Waals surface area contributed by atoms with E-state index < -0.39 is 4.92 Å². The molecule has 5 rings (SSSR count). The molecular formula is C29H22N4O4. The lowest BCUT2D eigenvalue weighted by atomic mass is 10.0. The number of pyridine rings is 1. The fraction of sp³-hybridized carbons (Fsp3) is 0.0690. The van der Waals surface area contributed by atoms with E-state index >= 15 is 0 Å². The van der Waals surface area contributed by atoms with Crippen molar-refractivity contribution in [1.82, 2.24) is 10.4 Å². The highest BCUT2D eigenvalue weighted by Gasteiger charge is 2.17. The van der Waals surface area contributed by atoms with Gasteiger partial charge in [0.2, 0.25) is 0 Å². The first kappa shape index (κ1) is 23.6. The summed E-state index contributed by atoms with van der Waals surface area (Å²) in [6.45, 7) is 3.54. The van der Waals surface area contributed by atoms with Crippen LogP contribution >= 0.6 is 0 Å². The molecule has 8 nitrogen and oxygen atoms in total. The standard InChI is InChI=1S/C29H22N4O4/c1-18-14-21(15-27(19(18)2)33(35)36)28-13-12-22(37-28)17-30-32-29(34)24-16-26(20-8-4-3-5-9-20)31-25-11-7-6-10-23(24)25/h3-17H,1-2H3,(H,32,34)/b30-17-. The van der Waals surface area contributed by atoms with Gasteiger partial charge in [-0.2, -0.15) is 5.10 Å². The van der Waals surface area contributed by atoms with Gasteiger partial charge in [-0.25, -0.2) is 10.4 Å². The van der Waals surface area contributed by atoms with Gasteiger partial charge in [-0.3, -0.25) is 14.9 Å². The summed E-state index contributed by atoms with van der Waals surface area (Å²) in [5, 5.41) is 16.2.